The highest BCUT2D eigenvalue weighted by Crippen LogP contribution is 2.22. The third-order valence-corrected chi connectivity index (χ3v) is 4.39. The van der Waals surface area contributed by atoms with Gasteiger partial charge in [0.2, 0.25) is 5.91 Å². The summed E-state index contributed by atoms with van der Waals surface area (Å²) >= 11 is 1.18. The van der Waals surface area contributed by atoms with E-state index in [1.165, 1.54) is 11.8 Å². The molecule has 0 fully saturated rings. The van der Waals surface area contributed by atoms with E-state index < -0.39 is 11.6 Å². The van der Waals surface area contributed by atoms with Crippen molar-refractivity contribution >= 4 is 28.7 Å². The van der Waals surface area contributed by atoms with Crippen molar-refractivity contribution < 1.29 is 13.6 Å². The maximum Gasteiger partial charge on any atom is 0.230 e. The summed E-state index contributed by atoms with van der Waals surface area (Å²) in [7, 11) is 0. The molecule has 0 aliphatic heterocycles. The molecule has 1 aromatic heterocycles. The van der Waals surface area contributed by atoms with Crippen LogP contribution in [0, 0.1) is 11.6 Å². The van der Waals surface area contributed by atoms with Gasteiger partial charge >= 0.3 is 0 Å². The summed E-state index contributed by atoms with van der Waals surface area (Å²) in [5.74, 6) is -1.87. The second-order valence-corrected chi connectivity index (χ2v) is 6.28. The molecule has 0 saturated carbocycles. The highest BCUT2D eigenvalue weighted by atomic mass is 32.2. The Bertz CT molecular complexity index is 828. The lowest BCUT2D eigenvalue weighted by Gasteiger charge is -2.13. The van der Waals surface area contributed by atoms with Gasteiger partial charge in [-0.1, -0.05) is 42.1 Å². The van der Waals surface area contributed by atoms with E-state index >= 15 is 0 Å². The Morgan fingerprint density at radius 3 is 2.71 bits per heavy atom. The standard InChI is InChI=1S/C17H15F2N3OS/c1-10(11-5-3-2-4-6-11)20-16(23)9-24-17-21-14-7-12(18)13(19)8-15(14)22-17/h2-8,10H,9H2,1H3,(H,20,23)(H,21,22). The third-order valence-electron chi connectivity index (χ3n) is 3.52. The minimum atomic E-state index is -0.944. The molecule has 1 atom stereocenters. The maximum atomic E-state index is 13.2. The van der Waals surface area contributed by atoms with Gasteiger partial charge in [-0.05, 0) is 12.5 Å². The second kappa shape index (κ2) is 7.00. The number of hydrogen-bond acceptors (Lipinski definition) is 3. The van der Waals surface area contributed by atoms with Crippen molar-refractivity contribution in [1.29, 1.82) is 0 Å². The molecule has 0 aliphatic rings. The van der Waals surface area contributed by atoms with Crippen LogP contribution >= 0.6 is 11.8 Å². The Balaban J connectivity index is 1.60. The number of H-pyrrole nitrogens is 1. The summed E-state index contributed by atoms with van der Waals surface area (Å²) in [5.41, 5.74) is 1.74. The van der Waals surface area contributed by atoms with Crippen LogP contribution in [0.2, 0.25) is 0 Å². The molecule has 0 radical (unpaired) electrons. The second-order valence-electron chi connectivity index (χ2n) is 5.31. The number of thioether (sulfide) groups is 1. The number of imidazole rings is 1. The highest BCUT2D eigenvalue weighted by molar-refractivity contribution is 7.99. The Morgan fingerprint density at radius 1 is 1.25 bits per heavy atom. The first-order valence-corrected chi connectivity index (χ1v) is 8.33. The lowest BCUT2D eigenvalue weighted by Crippen LogP contribution is -2.28. The van der Waals surface area contributed by atoms with Gasteiger partial charge in [-0.25, -0.2) is 13.8 Å². The summed E-state index contributed by atoms with van der Waals surface area (Å²) < 4.78 is 26.4. The van der Waals surface area contributed by atoms with Crippen LogP contribution in [0.3, 0.4) is 0 Å². The van der Waals surface area contributed by atoms with Crippen molar-refractivity contribution in [2.45, 2.75) is 18.1 Å². The molecule has 2 aromatic carbocycles. The molecular formula is C17H15F2N3OS. The van der Waals surface area contributed by atoms with E-state index in [1.807, 2.05) is 37.3 Å². The largest absolute Gasteiger partial charge is 0.349 e. The number of carbonyl (C=O) groups excluding carboxylic acids is 1. The summed E-state index contributed by atoms with van der Waals surface area (Å²) in [4.78, 5) is 19.0. The third kappa shape index (κ3) is 3.73. The van der Waals surface area contributed by atoms with Crippen LogP contribution in [-0.4, -0.2) is 21.6 Å². The molecule has 4 nitrogen and oxygen atoms in total. The van der Waals surface area contributed by atoms with Gasteiger partial charge in [0.25, 0.3) is 0 Å². The van der Waals surface area contributed by atoms with Gasteiger partial charge in [-0.15, -0.1) is 0 Å². The number of fused-ring (bicyclic) bond motifs is 1. The summed E-state index contributed by atoms with van der Waals surface area (Å²) in [6.07, 6.45) is 0. The maximum absolute atomic E-state index is 13.2. The molecule has 2 N–H and O–H groups in total. The summed E-state index contributed by atoms with van der Waals surface area (Å²) in [5, 5.41) is 3.34. The van der Waals surface area contributed by atoms with Crippen LogP contribution in [0.1, 0.15) is 18.5 Å². The Hall–Kier alpha value is -2.41. The van der Waals surface area contributed by atoms with Crippen LogP contribution in [-0.2, 0) is 4.79 Å². The number of amides is 1. The quantitative estimate of drug-likeness (QED) is 0.690. The molecule has 1 heterocycles. The number of hydrogen-bond donors (Lipinski definition) is 2. The number of benzene rings is 2. The van der Waals surface area contributed by atoms with Crippen molar-refractivity contribution in [1.82, 2.24) is 15.3 Å². The summed E-state index contributed by atoms with van der Waals surface area (Å²) in [6.45, 7) is 1.91. The van der Waals surface area contributed by atoms with Crippen LogP contribution in [0.4, 0.5) is 8.78 Å². The fourth-order valence-corrected chi connectivity index (χ4v) is 2.99. The van der Waals surface area contributed by atoms with Gasteiger partial charge in [0.15, 0.2) is 16.8 Å². The van der Waals surface area contributed by atoms with Crippen molar-refractivity contribution in [2.24, 2.45) is 0 Å². The normalized spacial score (nSPS) is 12.3. The molecule has 0 spiro atoms. The van der Waals surface area contributed by atoms with Crippen molar-refractivity contribution in [3.8, 4) is 0 Å². The lowest BCUT2D eigenvalue weighted by molar-refractivity contribution is -0.119. The monoisotopic (exact) mass is 347 g/mol. The molecule has 3 aromatic rings. The molecule has 0 bridgehead atoms. The van der Waals surface area contributed by atoms with E-state index in [4.69, 9.17) is 0 Å². The van der Waals surface area contributed by atoms with Crippen LogP contribution in [0.5, 0.6) is 0 Å². The molecular weight excluding hydrogens is 332 g/mol. The molecule has 0 aliphatic carbocycles. The number of aromatic nitrogens is 2. The average Bonchev–Trinajstić information content (AvgIpc) is 2.96. The first kappa shape index (κ1) is 16.4. The van der Waals surface area contributed by atoms with Gasteiger partial charge in [-0.3, -0.25) is 4.79 Å². The van der Waals surface area contributed by atoms with Crippen LogP contribution < -0.4 is 5.32 Å². The zero-order valence-corrected chi connectivity index (χ0v) is 13.7. The fourth-order valence-electron chi connectivity index (χ4n) is 2.29. The molecule has 3 rings (SSSR count). The zero-order chi connectivity index (χ0) is 17.1. The van der Waals surface area contributed by atoms with Gasteiger partial charge in [-0.2, -0.15) is 0 Å². The first-order valence-electron chi connectivity index (χ1n) is 7.35. The smallest absolute Gasteiger partial charge is 0.230 e. The molecule has 1 unspecified atom stereocenters. The average molecular weight is 347 g/mol. The predicted octanol–water partition coefficient (Wildman–Crippen LogP) is 3.81. The van der Waals surface area contributed by atoms with Gasteiger partial charge in [0.05, 0.1) is 22.8 Å². The van der Waals surface area contributed by atoms with E-state index in [0.29, 0.717) is 16.2 Å². The minimum Gasteiger partial charge on any atom is -0.349 e. The molecule has 1 amide bonds. The number of nitrogens with zero attached hydrogens (tertiary/aromatic N) is 1. The van der Waals surface area contributed by atoms with E-state index in [0.717, 1.165) is 17.7 Å². The van der Waals surface area contributed by atoms with Crippen LogP contribution in [0.25, 0.3) is 11.0 Å². The SMILES string of the molecule is CC(NC(=O)CSc1nc2cc(F)c(F)cc2[nH]1)c1ccccc1. The van der Waals surface area contributed by atoms with Gasteiger partial charge < -0.3 is 10.3 Å². The zero-order valence-electron chi connectivity index (χ0n) is 12.8. The minimum absolute atomic E-state index is 0.0989. The first-order chi connectivity index (χ1) is 11.5. The summed E-state index contributed by atoms with van der Waals surface area (Å²) in [6, 6.07) is 11.6. The number of halogens is 2. The Kier molecular flexibility index (Phi) is 4.80. The van der Waals surface area contributed by atoms with Crippen molar-refractivity contribution in [2.75, 3.05) is 5.75 Å². The molecule has 24 heavy (non-hydrogen) atoms. The fraction of sp³-hybridized carbons (Fsp3) is 0.176. The van der Waals surface area contributed by atoms with E-state index in [1.54, 1.807) is 0 Å². The predicted molar refractivity (Wildman–Crippen MR) is 89.7 cm³/mol. The van der Waals surface area contributed by atoms with E-state index in [2.05, 4.69) is 15.3 Å². The molecule has 124 valence electrons. The van der Waals surface area contributed by atoms with Crippen molar-refractivity contribution in [3.05, 3.63) is 59.7 Å². The Labute approximate surface area is 141 Å². The highest BCUT2D eigenvalue weighted by Gasteiger charge is 2.12. The number of nitrogens with one attached hydrogen (secondary N) is 2. The van der Waals surface area contributed by atoms with Gasteiger partial charge in [0.1, 0.15) is 0 Å². The topological polar surface area (TPSA) is 57.8 Å². The van der Waals surface area contributed by atoms with Gasteiger partial charge in [0, 0.05) is 12.1 Å². The molecule has 0 saturated heterocycles. The van der Waals surface area contributed by atoms with E-state index in [-0.39, 0.29) is 17.7 Å². The molecule has 7 heteroatoms. The number of rotatable bonds is 5. The number of aromatic amines is 1. The Morgan fingerprint density at radius 2 is 1.96 bits per heavy atom. The van der Waals surface area contributed by atoms with Crippen LogP contribution in [0.15, 0.2) is 47.6 Å². The van der Waals surface area contributed by atoms with Crippen molar-refractivity contribution in [3.63, 3.8) is 0 Å². The lowest BCUT2D eigenvalue weighted by atomic mass is 10.1. The number of carbonyl (C=O) groups is 1. The van der Waals surface area contributed by atoms with E-state index in [9.17, 15) is 13.6 Å².